The van der Waals surface area contributed by atoms with E-state index in [2.05, 4.69) is 0 Å². The van der Waals surface area contributed by atoms with Crippen LogP contribution >= 0.6 is 0 Å². The zero-order valence-electron chi connectivity index (χ0n) is 9.38. The summed E-state index contributed by atoms with van der Waals surface area (Å²) in [5, 5.41) is 0. The molecule has 0 bridgehead atoms. The molecule has 0 saturated heterocycles. The van der Waals surface area contributed by atoms with E-state index in [9.17, 15) is 0 Å². The van der Waals surface area contributed by atoms with Gasteiger partial charge in [0.05, 0.1) is 0 Å². The van der Waals surface area contributed by atoms with Gasteiger partial charge in [0.25, 0.3) is 0 Å². The standard InChI is InChI=1S/C14H24/c1-2-6-12-8-4-10-14(12)13-9-3-7-11(13)5-1/h11-14H,1-10H2. The summed E-state index contributed by atoms with van der Waals surface area (Å²) in [6, 6.07) is 0. The highest BCUT2D eigenvalue weighted by Crippen LogP contribution is 2.50. The van der Waals surface area contributed by atoms with Gasteiger partial charge in [0.1, 0.15) is 0 Å². The van der Waals surface area contributed by atoms with E-state index in [-0.39, 0.29) is 0 Å². The van der Waals surface area contributed by atoms with Crippen molar-refractivity contribution in [3.05, 3.63) is 0 Å². The predicted octanol–water partition coefficient (Wildman–Crippen LogP) is 4.39. The third-order valence-corrected chi connectivity index (χ3v) is 5.39. The van der Waals surface area contributed by atoms with Gasteiger partial charge in [0, 0.05) is 0 Å². The van der Waals surface area contributed by atoms with Gasteiger partial charge < -0.3 is 0 Å². The van der Waals surface area contributed by atoms with E-state index in [1.54, 1.807) is 64.2 Å². The second-order valence-electron chi connectivity index (χ2n) is 5.99. The maximum Gasteiger partial charge on any atom is -0.0355 e. The van der Waals surface area contributed by atoms with Gasteiger partial charge in [-0.15, -0.1) is 0 Å². The lowest BCUT2D eigenvalue weighted by molar-refractivity contribution is 0.171. The van der Waals surface area contributed by atoms with E-state index in [4.69, 9.17) is 0 Å². The fourth-order valence-electron chi connectivity index (χ4n) is 4.79. The van der Waals surface area contributed by atoms with Crippen LogP contribution in [0.25, 0.3) is 0 Å². The number of rotatable bonds is 0. The Bertz CT molecular complexity index is 174. The molecular formula is C14H24. The van der Waals surface area contributed by atoms with Crippen LogP contribution in [0.15, 0.2) is 0 Å². The predicted molar refractivity (Wildman–Crippen MR) is 60.1 cm³/mol. The van der Waals surface area contributed by atoms with Crippen LogP contribution in [0.5, 0.6) is 0 Å². The summed E-state index contributed by atoms with van der Waals surface area (Å²) >= 11 is 0. The highest BCUT2D eigenvalue weighted by molar-refractivity contribution is 4.90. The monoisotopic (exact) mass is 192 g/mol. The molecule has 3 fully saturated rings. The first-order valence-electron chi connectivity index (χ1n) is 6.95. The molecule has 80 valence electrons. The van der Waals surface area contributed by atoms with Crippen molar-refractivity contribution in [2.24, 2.45) is 23.7 Å². The van der Waals surface area contributed by atoms with Gasteiger partial charge in [-0.3, -0.25) is 0 Å². The molecule has 4 unspecified atom stereocenters. The topological polar surface area (TPSA) is 0 Å². The molecule has 3 rings (SSSR count). The normalized spacial score (nSPS) is 48.0. The Labute approximate surface area is 88.5 Å². The van der Waals surface area contributed by atoms with E-state index >= 15 is 0 Å². The van der Waals surface area contributed by atoms with E-state index in [1.165, 1.54) is 11.8 Å². The van der Waals surface area contributed by atoms with E-state index in [1.807, 2.05) is 0 Å². The highest BCUT2D eigenvalue weighted by Gasteiger charge is 2.40. The Morgan fingerprint density at radius 3 is 1.36 bits per heavy atom. The Balaban J connectivity index is 1.78. The first-order chi connectivity index (χ1) is 6.95. The maximum absolute atomic E-state index is 1.59. The van der Waals surface area contributed by atoms with Gasteiger partial charge >= 0.3 is 0 Å². The third kappa shape index (κ3) is 1.51. The van der Waals surface area contributed by atoms with Crippen LogP contribution < -0.4 is 0 Å². The molecule has 0 aromatic rings. The molecule has 0 heteroatoms. The van der Waals surface area contributed by atoms with Crippen LogP contribution in [0.2, 0.25) is 0 Å². The van der Waals surface area contributed by atoms with E-state index < -0.39 is 0 Å². The second kappa shape index (κ2) is 3.87. The molecule has 4 atom stereocenters. The van der Waals surface area contributed by atoms with Gasteiger partial charge in [0.15, 0.2) is 0 Å². The lowest BCUT2D eigenvalue weighted by Gasteiger charge is -2.33. The zero-order valence-corrected chi connectivity index (χ0v) is 9.38. The van der Waals surface area contributed by atoms with Crippen LogP contribution in [0.3, 0.4) is 0 Å². The first-order valence-corrected chi connectivity index (χ1v) is 6.95. The summed E-state index contributed by atoms with van der Waals surface area (Å²) in [4.78, 5) is 0. The summed E-state index contributed by atoms with van der Waals surface area (Å²) in [5.41, 5.74) is 0. The summed E-state index contributed by atoms with van der Waals surface area (Å²) in [6.45, 7) is 0. The van der Waals surface area contributed by atoms with Crippen molar-refractivity contribution in [2.45, 2.75) is 64.2 Å². The second-order valence-corrected chi connectivity index (χ2v) is 5.99. The number of hydrogen-bond donors (Lipinski definition) is 0. The molecule has 0 aliphatic heterocycles. The molecule has 3 aliphatic carbocycles. The average molecular weight is 192 g/mol. The van der Waals surface area contributed by atoms with Gasteiger partial charge in [-0.25, -0.2) is 0 Å². The molecule has 0 aromatic carbocycles. The van der Waals surface area contributed by atoms with Crippen molar-refractivity contribution < 1.29 is 0 Å². The first kappa shape index (κ1) is 9.24. The molecule has 0 amide bonds. The summed E-state index contributed by atoms with van der Waals surface area (Å²) in [6.07, 6.45) is 15.7. The third-order valence-electron chi connectivity index (χ3n) is 5.39. The van der Waals surface area contributed by atoms with E-state index in [0.29, 0.717) is 0 Å². The van der Waals surface area contributed by atoms with Crippen LogP contribution in [-0.2, 0) is 0 Å². The van der Waals surface area contributed by atoms with Crippen molar-refractivity contribution in [3.63, 3.8) is 0 Å². The van der Waals surface area contributed by atoms with Gasteiger partial charge in [-0.1, -0.05) is 51.4 Å². The molecule has 0 heterocycles. The Kier molecular flexibility index (Phi) is 2.55. The van der Waals surface area contributed by atoms with Gasteiger partial charge in [-0.05, 0) is 36.5 Å². The molecule has 0 N–H and O–H groups in total. The Morgan fingerprint density at radius 2 is 0.857 bits per heavy atom. The molecule has 14 heavy (non-hydrogen) atoms. The lowest BCUT2D eigenvalue weighted by Crippen LogP contribution is -2.24. The van der Waals surface area contributed by atoms with Gasteiger partial charge in [0.2, 0.25) is 0 Å². The molecular weight excluding hydrogens is 168 g/mol. The fraction of sp³-hybridized carbons (Fsp3) is 1.00. The van der Waals surface area contributed by atoms with Crippen LogP contribution in [0.4, 0.5) is 0 Å². The molecule has 0 spiro atoms. The Hall–Kier alpha value is 0. The molecule has 3 saturated carbocycles. The summed E-state index contributed by atoms with van der Waals surface area (Å²) in [5.74, 6) is 4.65. The number of hydrogen-bond acceptors (Lipinski definition) is 0. The Morgan fingerprint density at radius 1 is 0.429 bits per heavy atom. The average Bonchev–Trinajstić information content (AvgIpc) is 2.75. The van der Waals surface area contributed by atoms with Crippen LogP contribution in [0, 0.1) is 23.7 Å². The minimum atomic E-state index is 1.15. The van der Waals surface area contributed by atoms with Gasteiger partial charge in [-0.2, -0.15) is 0 Å². The minimum Gasteiger partial charge on any atom is -0.0530 e. The minimum absolute atomic E-state index is 1.15. The summed E-state index contributed by atoms with van der Waals surface area (Å²) < 4.78 is 0. The molecule has 3 aliphatic rings. The fourth-order valence-corrected chi connectivity index (χ4v) is 4.79. The van der Waals surface area contributed by atoms with Crippen LogP contribution in [-0.4, -0.2) is 0 Å². The van der Waals surface area contributed by atoms with E-state index in [0.717, 1.165) is 11.8 Å². The quantitative estimate of drug-likeness (QED) is 0.534. The van der Waals surface area contributed by atoms with Crippen LogP contribution in [0.1, 0.15) is 64.2 Å². The molecule has 0 radical (unpaired) electrons. The number of fused-ring (bicyclic) bond motifs is 3. The molecule has 0 aromatic heterocycles. The van der Waals surface area contributed by atoms with Crippen molar-refractivity contribution in [1.82, 2.24) is 0 Å². The van der Waals surface area contributed by atoms with Crippen molar-refractivity contribution >= 4 is 0 Å². The van der Waals surface area contributed by atoms with Crippen molar-refractivity contribution in [2.75, 3.05) is 0 Å². The zero-order chi connectivity index (χ0) is 9.38. The van der Waals surface area contributed by atoms with Crippen molar-refractivity contribution in [3.8, 4) is 0 Å². The largest absolute Gasteiger partial charge is 0.0530 e. The summed E-state index contributed by atoms with van der Waals surface area (Å²) in [7, 11) is 0. The smallest absolute Gasteiger partial charge is 0.0355 e. The lowest BCUT2D eigenvalue weighted by atomic mass is 9.73. The maximum atomic E-state index is 1.59. The molecule has 0 nitrogen and oxygen atoms in total. The SMILES string of the molecule is C1CCC2CCCC2C2CCCC2C1. The van der Waals surface area contributed by atoms with Crippen molar-refractivity contribution in [1.29, 1.82) is 0 Å². The highest BCUT2D eigenvalue weighted by atomic mass is 14.5.